The molecule has 2 heterocycles. The van der Waals surface area contributed by atoms with E-state index in [-0.39, 0.29) is 21.7 Å². The van der Waals surface area contributed by atoms with Crippen LogP contribution in [0.4, 0.5) is 0 Å². The van der Waals surface area contributed by atoms with Crippen LogP contribution in [0.1, 0.15) is 74.0 Å². The summed E-state index contributed by atoms with van der Waals surface area (Å²) in [7, 11) is -6.82. The van der Waals surface area contributed by atoms with E-state index in [9.17, 15) is 9.59 Å². The molecule has 2 unspecified atom stereocenters. The highest BCUT2D eigenvalue weighted by atomic mass is 28.4. The first-order valence-electron chi connectivity index (χ1n) is 14.7. The Morgan fingerprint density at radius 2 is 1.32 bits per heavy atom. The van der Waals surface area contributed by atoms with Crippen LogP contribution >= 0.6 is 0 Å². The summed E-state index contributed by atoms with van der Waals surface area (Å²) in [6.07, 6.45) is 4.77. The lowest BCUT2D eigenvalue weighted by atomic mass is 10.0. The fraction of sp³-hybridized carbons (Fsp3) is 0.800. The number of hydrogen-bond donors (Lipinski definition) is 1. The van der Waals surface area contributed by atoms with Crippen LogP contribution in [-0.4, -0.2) is 59.4 Å². The van der Waals surface area contributed by atoms with E-state index >= 15 is 0 Å². The lowest BCUT2D eigenvalue weighted by molar-refractivity contribution is -0.0179. The Bertz CT molecular complexity index is 1230. The number of hydrogen-bond acceptors (Lipinski definition) is 6. The van der Waals surface area contributed by atoms with Crippen molar-refractivity contribution in [1.29, 1.82) is 0 Å². The van der Waals surface area contributed by atoms with Gasteiger partial charge < -0.3 is 18.0 Å². The number of terminal acetylenes is 1. The zero-order valence-electron chi connectivity index (χ0n) is 28.3. The highest BCUT2D eigenvalue weighted by Gasteiger charge is 2.55. The van der Waals surface area contributed by atoms with Gasteiger partial charge in [-0.25, -0.2) is 4.79 Å². The highest BCUT2D eigenvalue weighted by Crippen LogP contribution is 2.47. The minimum Gasteiger partial charge on any atom is -0.414 e. The standard InChI is InChI=1S/C30H56N2O6Si3/c1-17-18-32-19-21(26(33)31-27(32)34)23-25(38-41(15,16)30(8,9)10)24(37-40(13,14)29(5,6)7)22(36-23)20-35-39(11,12)28(2,3)4/h1,19,22-25H,18,20H2,2-16H3,(H,31,33,34)/t22-,23+,24?,25?/m1/s1. The summed E-state index contributed by atoms with van der Waals surface area (Å²) in [6.45, 7) is 33.4. The van der Waals surface area contributed by atoms with Crippen LogP contribution in [0, 0.1) is 12.3 Å². The first-order valence-corrected chi connectivity index (χ1v) is 23.4. The van der Waals surface area contributed by atoms with E-state index in [4.69, 9.17) is 24.4 Å². The zero-order valence-corrected chi connectivity index (χ0v) is 31.3. The summed E-state index contributed by atoms with van der Waals surface area (Å²) >= 11 is 0. The molecule has 8 nitrogen and oxygen atoms in total. The molecule has 234 valence electrons. The fourth-order valence-corrected chi connectivity index (χ4v) is 7.49. The molecule has 1 aromatic rings. The average Bonchev–Trinajstić information content (AvgIpc) is 3.07. The molecule has 1 N–H and O–H groups in total. The largest absolute Gasteiger partial charge is 0.414 e. The molecule has 1 aliphatic heterocycles. The molecule has 0 amide bonds. The molecule has 1 aliphatic rings. The quantitative estimate of drug-likeness (QED) is 0.252. The minimum absolute atomic E-state index is 0.0136. The van der Waals surface area contributed by atoms with E-state index in [1.807, 2.05) is 0 Å². The Morgan fingerprint density at radius 1 is 0.854 bits per heavy atom. The van der Waals surface area contributed by atoms with Crippen molar-refractivity contribution in [2.45, 2.75) is 148 Å². The van der Waals surface area contributed by atoms with Crippen LogP contribution in [0.15, 0.2) is 15.8 Å². The van der Waals surface area contributed by atoms with Gasteiger partial charge in [0.25, 0.3) is 5.56 Å². The third-order valence-corrected chi connectivity index (χ3v) is 23.3. The Hall–Kier alpha value is -1.27. The van der Waals surface area contributed by atoms with Crippen molar-refractivity contribution in [2.75, 3.05) is 6.61 Å². The van der Waals surface area contributed by atoms with Crippen molar-refractivity contribution in [3.8, 4) is 12.3 Å². The van der Waals surface area contributed by atoms with Crippen LogP contribution < -0.4 is 11.2 Å². The molecular formula is C30H56N2O6Si3. The van der Waals surface area contributed by atoms with Gasteiger partial charge in [0.15, 0.2) is 25.0 Å². The van der Waals surface area contributed by atoms with Crippen molar-refractivity contribution in [3.63, 3.8) is 0 Å². The molecule has 4 atom stereocenters. The molecule has 1 saturated heterocycles. The summed E-state index contributed by atoms with van der Waals surface area (Å²) in [4.78, 5) is 28.2. The molecule has 0 bridgehead atoms. The zero-order chi connectivity index (χ0) is 32.0. The highest BCUT2D eigenvalue weighted by molar-refractivity contribution is 6.75. The monoisotopic (exact) mass is 624 g/mol. The average molecular weight is 625 g/mol. The van der Waals surface area contributed by atoms with E-state index in [0.717, 1.165) is 0 Å². The SMILES string of the molecule is C#CCn1cc([C@@H]2O[C@H](CO[Si](C)(C)C(C)(C)C)C(O[Si](C)(C)C(C)(C)C)C2O[Si](C)(C)C(C)(C)C)c(=O)[nH]c1=O. The van der Waals surface area contributed by atoms with E-state index in [0.29, 0.717) is 12.2 Å². The molecule has 0 spiro atoms. The van der Waals surface area contributed by atoms with E-state index in [1.165, 1.54) is 10.8 Å². The van der Waals surface area contributed by atoms with Crippen LogP contribution in [0.25, 0.3) is 0 Å². The molecular weight excluding hydrogens is 569 g/mol. The van der Waals surface area contributed by atoms with Gasteiger partial charge >= 0.3 is 5.69 Å². The number of rotatable bonds is 9. The minimum atomic E-state index is -2.37. The summed E-state index contributed by atoms with van der Waals surface area (Å²) in [6, 6.07) is 0. The first kappa shape index (κ1) is 35.9. The van der Waals surface area contributed by atoms with Crippen molar-refractivity contribution in [2.24, 2.45) is 0 Å². The second kappa shape index (κ2) is 12.0. The van der Waals surface area contributed by atoms with Gasteiger partial charge in [0, 0.05) is 6.20 Å². The van der Waals surface area contributed by atoms with Crippen LogP contribution in [0.3, 0.4) is 0 Å². The number of nitrogens with zero attached hydrogens (tertiary/aromatic N) is 1. The van der Waals surface area contributed by atoms with Crippen molar-refractivity contribution < 1.29 is 18.0 Å². The fourth-order valence-electron chi connectivity index (χ4n) is 3.87. The van der Waals surface area contributed by atoms with Gasteiger partial charge in [0.2, 0.25) is 0 Å². The first-order chi connectivity index (χ1) is 18.3. The molecule has 1 aromatic heterocycles. The number of aromatic amines is 1. The molecule has 1 fully saturated rings. The Morgan fingerprint density at radius 3 is 1.76 bits per heavy atom. The third-order valence-electron chi connectivity index (χ3n) is 9.81. The summed E-state index contributed by atoms with van der Waals surface area (Å²) in [5.74, 6) is 2.49. The topological polar surface area (TPSA) is 91.8 Å². The Balaban J connectivity index is 2.75. The van der Waals surface area contributed by atoms with Crippen LogP contribution in [0.5, 0.6) is 0 Å². The molecule has 0 radical (unpaired) electrons. The van der Waals surface area contributed by atoms with Gasteiger partial charge in [-0.3, -0.25) is 14.3 Å². The molecule has 41 heavy (non-hydrogen) atoms. The number of nitrogens with one attached hydrogen (secondary N) is 1. The van der Waals surface area contributed by atoms with Crippen molar-refractivity contribution in [1.82, 2.24) is 9.55 Å². The van der Waals surface area contributed by atoms with Crippen molar-refractivity contribution in [3.05, 3.63) is 32.6 Å². The van der Waals surface area contributed by atoms with Gasteiger partial charge in [0.1, 0.15) is 24.4 Å². The Labute approximate surface area is 251 Å². The molecule has 2 rings (SSSR count). The van der Waals surface area contributed by atoms with Gasteiger partial charge in [-0.05, 0) is 54.4 Å². The molecule has 0 aromatic carbocycles. The van der Waals surface area contributed by atoms with Gasteiger partial charge in [-0.2, -0.15) is 0 Å². The molecule has 0 aliphatic carbocycles. The number of ether oxygens (including phenoxy) is 1. The van der Waals surface area contributed by atoms with Crippen LogP contribution in [0.2, 0.25) is 54.4 Å². The van der Waals surface area contributed by atoms with Gasteiger partial charge in [0.05, 0.1) is 18.7 Å². The van der Waals surface area contributed by atoms with E-state index in [1.54, 1.807) is 0 Å². The third kappa shape index (κ3) is 8.02. The Kier molecular flexibility index (Phi) is 10.5. The van der Waals surface area contributed by atoms with Crippen molar-refractivity contribution >= 4 is 25.0 Å². The van der Waals surface area contributed by atoms with Gasteiger partial charge in [-0.1, -0.05) is 68.2 Å². The lowest BCUT2D eigenvalue weighted by Gasteiger charge is -2.44. The number of aromatic nitrogens is 2. The van der Waals surface area contributed by atoms with Crippen LogP contribution in [-0.2, 0) is 24.6 Å². The normalized spacial score (nSPS) is 23.1. The summed E-state index contributed by atoms with van der Waals surface area (Å²) in [5, 5.41) is -0.141. The maximum absolute atomic E-state index is 13.3. The van der Waals surface area contributed by atoms with E-state index in [2.05, 4.69) is 113 Å². The second-order valence-electron chi connectivity index (χ2n) is 16.0. The lowest BCUT2D eigenvalue weighted by Crippen LogP contribution is -2.54. The maximum atomic E-state index is 13.3. The maximum Gasteiger partial charge on any atom is 0.329 e. The van der Waals surface area contributed by atoms with E-state index < -0.39 is 60.6 Å². The van der Waals surface area contributed by atoms with Gasteiger partial charge in [-0.15, -0.1) is 6.42 Å². The summed E-state index contributed by atoms with van der Waals surface area (Å²) in [5.41, 5.74) is -0.750. The molecule has 0 saturated carbocycles. The smallest absolute Gasteiger partial charge is 0.329 e. The predicted octanol–water partition coefficient (Wildman–Crippen LogP) is 6.41. The second-order valence-corrected chi connectivity index (χ2v) is 30.3. The summed E-state index contributed by atoms with van der Waals surface area (Å²) < 4.78 is 29.0. The molecule has 11 heteroatoms. The number of H-pyrrole nitrogens is 1. The predicted molar refractivity (Wildman–Crippen MR) is 175 cm³/mol.